The molecule has 0 saturated carbocycles. The molecule has 0 unspecified atom stereocenters. The molecular formula is C24H22ClN5O2S2. The van der Waals surface area contributed by atoms with Crippen LogP contribution < -0.4 is 5.56 Å². The third-order valence-corrected chi connectivity index (χ3v) is 8.22. The van der Waals surface area contributed by atoms with E-state index in [1.54, 1.807) is 23.2 Å². The van der Waals surface area contributed by atoms with Gasteiger partial charge in [-0.2, -0.15) is 0 Å². The molecule has 1 saturated heterocycles. The van der Waals surface area contributed by atoms with E-state index in [9.17, 15) is 9.35 Å². The first-order valence-corrected chi connectivity index (χ1v) is 13.9. The predicted molar refractivity (Wildman–Crippen MR) is 138 cm³/mol. The Bertz CT molecular complexity index is 1440. The number of benzene rings is 1. The highest BCUT2D eigenvalue weighted by Gasteiger charge is 2.27. The first-order chi connectivity index (χ1) is 16.4. The van der Waals surface area contributed by atoms with Gasteiger partial charge in [-0.15, -0.1) is 0 Å². The van der Waals surface area contributed by atoms with E-state index in [0.29, 0.717) is 51.3 Å². The van der Waals surface area contributed by atoms with Crippen LogP contribution >= 0.6 is 23.4 Å². The molecule has 0 amide bonds. The summed E-state index contributed by atoms with van der Waals surface area (Å²) >= 11 is 7.31. The highest BCUT2D eigenvalue weighted by molar-refractivity contribution is 7.98. The molecule has 1 aliphatic heterocycles. The molecule has 34 heavy (non-hydrogen) atoms. The third-order valence-electron chi connectivity index (χ3n) is 5.97. The van der Waals surface area contributed by atoms with Crippen molar-refractivity contribution in [1.82, 2.24) is 24.5 Å². The quantitative estimate of drug-likeness (QED) is 0.223. The summed E-state index contributed by atoms with van der Waals surface area (Å²) in [5.74, 6) is 1.16. The number of pyridine rings is 1. The Kier molecular flexibility index (Phi) is 6.61. The maximum absolute atomic E-state index is 13.9. The Morgan fingerprint density at radius 3 is 2.62 bits per heavy atom. The van der Waals surface area contributed by atoms with Crippen LogP contribution in [0.5, 0.6) is 0 Å². The maximum Gasteiger partial charge on any atom is 0.260 e. The molecule has 4 aromatic rings. The molecule has 7 nitrogen and oxygen atoms in total. The van der Waals surface area contributed by atoms with Gasteiger partial charge in [-0.25, -0.2) is 15.0 Å². The predicted octanol–water partition coefficient (Wildman–Crippen LogP) is 4.68. The lowest BCUT2D eigenvalue weighted by molar-refractivity contribution is 0.448. The molecule has 1 aromatic carbocycles. The number of nitrogens with zero attached hydrogens (tertiary/aromatic N) is 5. The van der Waals surface area contributed by atoms with Gasteiger partial charge in [0.25, 0.3) is 5.56 Å². The van der Waals surface area contributed by atoms with Gasteiger partial charge in [0.1, 0.15) is 17.2 Å². The number of hydrogen-bond acceptors (Lipinski definition) is 7. The summed E-state index contributed by atoms with van der Waals surface area (Å²) in [4.78, 5) is 31.6. The van der Waals surface area contributed by atoms with Gasteiger partial charge in [0.05, 0.1) is 17.6 Å². The van der Waals surface area contributed by atoms with Crippen LogP contribution in [0, 0.1) is 6.92 Å². The van der Waals surface area contributed by atoms with Crippen LogP contribution in [0.15, 0.2) is 52.8 Å². The summed E-state index contributed by atoms with van der Waals surface area (Å²) in [6, 6.07) is 7.30. The lowest BCUT2D eigenvalue weighted by atomic mass is 10.0. The second-order valence-electron chi connectivity index (χ2n) is 8.19. The molecule has 0 atom stereocenters. The van der Waals surface area contributed by atoms with Crippen molar-refractivity contribution in [2.24, 2.45) is 0 Å². The molecule has 10 heteroatoms. The number of fused-ring (bicyclic) bond motifs is 1. The van der Waals surface area contributed by atoms with Crippen LogP contribution in [0.4, 0.5) is 0 Å². The summed E-state index contributed by atoms with van der Waals surface area (Å²) in [5.41, 5.74) is 3.94. The van der Waals surface area contributed by atoms with Crippen molar-refractivity contribution < 1.29 is 4.55 Å². The van der Waals surface area contributed by atoms with Crippen LogP contribution in [0.1, 0.15) is 24.6 Å². The summed E-state index contributed by atoms with van der Waals surface area (Å²) in [6.07, 6.45) is 8.38. The van der Waals surface area contributed by atoms with Crippen molar-refractivity contribution in [2.45, 2.75) is 31.0 Å². The van der Waals surface area contributed by atoms with Crippen molar-refractivity contribution in [3.05, 3.63) is 63.9 Å². The minimum Gasteiger partial charge on any atom is -0.616 e. The van der Waals surface area contributed by atoms with Gasteiger partial charge in [-0.05, 0) is 25.3 Å². The fraction of sp³-hybridized carbons (Fsp3) is 0.292. The summed E-state index contributed by atoms with van der Waals surface area (Å²) in [7, 11) is 0. The Morgan fingerprint density at radius 2 is 1.91 bits per heavy atom. The number of aromatic nitrogens is 5. The van der Waals surface area contributed by atoms with Crippen LogP contribution in [0.2, 0.25) is 5.02 Å². The normalized spacial score (nSPS) is 18.4. The molecule has 0 bridgehead atoms. The minimum absolute atomic E-state index is 0.0714. The van der Waals surface area contributed by atoms with Crippen LogP contribution in [-0.4, -0.2) is 46.8 Å². The molecule has 1 aliphatic rings. The van der Waals surface area contributed by atoms with Gasteiger partial charge in [-0.1, -0.05) is 46.7 Å². The number of rotatable bonds is 4. The van der Waals surface area contributed by atoms with Gasteiger partial charge in [0.2, 0.25) is 0 Å². The van der Waals surface area contributed by atoms with E-state index in [1.807, 2.05) is 37.4 Å². The van der Waals surface area contributed by atoms with E-state index in [-0.39, 0.29) is 11.6 Å². The zero-order chi connectivity index (χ0) is 23.8. The third kappa shape index (κ3) is 4.45. The molecular weight excluding hydrogens is 490 g/mol. The first-order valence-electron chi connectivity index (χ1n) is 10.8. The summed E-state index contributed by atoms with van der Waals surface area (Å²) in [5, 5.41) is 1.83. The Hall–Kier alpha value is -2.46. The maximum atomic E-state index is 13.9. The van der Waals surface area contributed by atoms with Gasteiger partial charge >= 0.3 is 0 Å². The van der Waals surface area contributed by atoms with Crippen molar-refractivity contribution in [3.63, 3.8) is 0 Å². The topological polar surface area (TPSA) is 96.6 Å². The Labute approximate surface area is 209 Å². The van der Waals surface area contributed by atoms with E-state index >= 15 is 0 Å². The van der Waals surface area contributed by atoms with Gasteiger partial charge in [-0.3, -0.25) is 14.3 Å². The van der Waals surface area contributed by atoms with Crippen molar-refractivity contribution in [2.75, 3.05) is 17.8 Å². The number of aryl methyl sites for hydroxylation is 1. The second kappa shape index (κ2) is 9.65. The molecule has 0 radical (unpaired) electrons. The molecule has 174 valence electrons. The average Bonchev–Trinajstić information content (AvgIpc) is 2.84. The van der Waals surface area contributed by atoms with Crippen molar-refractivity contribution in [3.8, 4) is 22.4 Å². The lowest BCUT2D eigenvalue weighted by Crippen LogP contribution is -2.33. The highest BCUT2D eigenvalue weighted by Crippen LogP contribution is 2.33. The molecule has 0 aliphatic carbocycles. The second-order valence-corrected chi connectivity index (χ2v) is 11.1. The standard InChI is InChI=1S/C24H22ClN5O2S2/c1-14-11-26-13-21(28-14)15-3-4-18(20(25)10-15)19-9-16-12-27-24(33-2)29-22(16)30(23(19)31)17-5-7-34(32)8-6-17/h3-4,9-13,17H,5-8H2,1-2H3. The van der Waals surface area contributed by atoms with Gasteiger partial charge in [0, 0.05) is 58.4 Å². The van der Waals surface area contributed by atoms with E-state index in [1.165, 1.54) is 11.8 Å². The highest BCUT2D eigenvalue weighted by atomic mass is 35.5. The molecule has 0 spiro atoms. The van der Waals surface area contributed by atoms with Gasteiger partial charge < -0.3 is 4.55 Å². The molecule has 0 N–H and O–H groups in total. The van der Waals surface area contributed by atoms with Crippen LogP contribution in [0.25, 0.3) is 33.4 Å². The van der Waals surface area contributed by atoms with E-state index in [0.717, 1.165) is 22.3 Å². The average molecular weight is 512 g/mol. The lowest BCUT2D eigenvalue weighted by Gasteiger charge is -2.27. The molecule has 5 rings (SSSR count). The Morgan fingerprint density at radius 1 is 1.12 bits per heavy atom. The zero-order valence-electron chi connectivity index (χ0n) is 18.7. The molecule has 1 fully saturated rings. The van der Waals surface area contributed by atoms with Crippen molar-refractivity contribution >= 4 is 45.6 Å². The molecule has 4 heterocycles. The summed E-state index contributed by atoms with van der Waals surface area (Å²) < 4.78 is 13.7. The number of hydrogen-bond donors (Lipinski definition) is 0. The van der Waals surface area contributed by atoms with Gasteiger partial charge in [0.15, 0.2) is 5.16 Å². The first kappa shape index (κ1) is 23.3. The zero-order valence-corrected chi connectivity index (χ0v) is 21.1. The number of thioether (sulfide) groups is 1. The van der Waals surface area contributed by atoms with E-state index in [4.69, 9.17) is 11.6 Å². The van der Waals surface area contributed by atoms with Crippen LogP contribution in [-0.2, 0) is 11.2 Å². The fourth-order valence-electron chi connectivity index (χ4n) is 4.27. The van der Waals surface area contributed by atoms with Crippen molar-refractivity contribution in [1.29, 1.82) is 0 Å². The van der Waals surface area contributed by atoms with E-state index in [2.05, 4.69) is 19.9 Å². The molecule has 3 aromatic heterocycles. The van der Waals surface area contributed by atoms with E-state index < -0.39 is 11.2 Å². The largest absolute Gasteiger partial charge is 0.616 e. The monoisotopic (exact) mass is 511 g/mol. The summed E-state index contributed by atoms with van der Waals surface area (Å²) in [6.45, 7) is 1.88. The minimum atomic E-state index is -0.833. The van der Waals surface area contributed by atoms with Crippen LogP contribution in [0.3, 0.4) is 0 Å². The number of halogens is 1. The fourth-order valence-corrected chi connectivity index (χ4v) is 6.16. The Balaban J connectivity index is 1.67. The smallest absolute Gasteiger partial charge is 0.260 e. The SMILES string of the molecule is CSc1ncc2cc(-c3ccc(-c4cncc(C)n4)cc3Cl)c(=O)n(C3CC[S+]([O-])CC3)c2n1.